The molecule has 2 fully saturated rings. The van der Waals surface area contributed by atoms with Crippen LogP contribution in [0.4, 0.5) is 0 Å². The first kappa shape index (κ1) is 13.5. The molecule has 3 rings (SSSR count). The highest BCUT2D eigenvalue weighted by Crippen LogP contribution is 2.28. The zero-order valence-electron chi connectivity index (χ0n) is 11.3. The molecule has 0 radical (unpaired) electrons. The summed E-state index contributed by atoms with van der Waals surface area (Å²) in [6, 6.07) is 8.02. The van der Waals surface area contributed by atoms with Gasteiger partial charge in [-0.15, -0.1) is 0 Å². The van der Waals surface area contributed by atoms with Gasteiger partial charge in [0.15, 0.2) is 0 Å². The summed E-state index contributed by atoms with van der Waals surface area (Å²) in [5.74, 6) is -0.0261. The van der Waals surface area contributed by atoms with Crippen molar-refractivity contribution in [2.24, 2.45) is 5.73 Å². The summed E-state index contributed by atoms with van der Waals surface area (Å²) in [5, 5.41) is 3.17. The lowest BCUT2D eigenvalue weighted by atomic mass is 10.1. The van der Waals surface area contributed by atoms with Crippen LogP contribution in [0.5, 0.6) is 0 Å². The quantitative estimate of drug-likeness (QED) is 0.823. The van der Waals surface area contributed by atoms with Crippen LogP contribution in [0, 0.1) is 0 Å². The molecule has 0 bridgehead atoms. The molecule has 0 aliphatic carbocycles. The van der Waals surface area contributed by atoms with Gasteiger partial charge in [-0.2, -0.15) is 0 Å². The summed E-state index contributed by atoms with van der Waals surface area (Å²) in [6.07, 6.45) is 3.48. The summed E-state index contributed by atoms with van der Waals surface area (Å²) in [5.41, 5.74) is 6.98. The van der Waals surface area contributed by atoms with Crippen molar-refractivity contribution >= 4 is 23.1 Å². The van der Waals surface area contributed by atoms with E-state index >= 15 is 0 Å². The monoisotopic (exact) mass is 289 g/mol. The maximum absolute atomic E-state index is 12.4. The smallest absolute Gasteiger partial charge is 0.251 e. The highest BCUT2D eigenvalue weighted by Gasteiger charge is 2.37. The summed E-state index contributed by atoms with van der Waals surface area (Å²) in [6.45, 7) is 2.27. The molecule has 5 heteroatoms. The molecule has 3 N–H and O–H groups in total. The van der Waals surface area contributed by atoms with Crippen molar-refractivity contribution in [1.29, 1.82) is 0 Å². The molecule has 2 heterocycles. The first-order valence-electron chi connectivity index (χ1n) is 7.10. The van der Waals surface area contributed by atoms with Crippen molar-refractivity contribution in [3.05, 3.63) is 35.4 Å². The molecule has 1 amide bonds. The average molecular weight is 289 g/mol. The van der Waals surface area contributed by atoms with Gasteiger partial charge in [0.2, 0.25) is 0 Å². The van der Waals surface area contributed by atoms with Crippen LogP contribution in [-0.4, -0.2) is 41.0 Å². The number of benzene rings is 1. The lowest BCUT2D eigenvalue weighted by Crippen LogP contribution is -2.42. The van der Waals surface area contributed by atoms with Crippen molar-refractivity contribution in [1.82, 2.24) is 10.2 Å². The van der Waals surface area contributed by atoms with E-state index in [9.17, 15) is 4.79 Å². The number of carbonyl (C=O) groups is 1. The zero-order valence-corrected chi connectivity index (χ0v) is 12.2. The summed E-state index contributed by atoms with van der Waals surface area (Å²) >= 11 is 4.95. The lowest BCUT2D eigenvalue weighted by Gasteiger charge is -2.21. The molecule has 1 aromatic carbocycles. The van der Waals surface area contributed by atoms with Crippen molar-refractivity contribution in [2.75, 3.05) is 13.1 Å². The fraction of sp³-hybridized carbons (Fsp3) is 0.467. The fourth-order valence-electron chi connectivity index (χ4n) is 3.32. The minimum Gasteiger partial charge on any atom is -0.389 e. The molecule has 2 aliphatic rings. The number of thiocarbonyl (C=S) groups is 1. The van der Waals surface area contributed by atoms with Crippen LogP contribution in [0.1, 0.15) is 35.2 Å². The predicted octanol–water partition coefficient (Wildman–Crippen LogP) is 1.29. The molecule has 2 unspecified atom stereocenters. The van der Waals surface area contributed by atoms with Crippen LogP contribution in [-0.2, 0) is 0 Å². The summed E-state index contributed by atoms with van der Waals surface area (Å²) in [4.78, 5) is 15.2. The molecule has 0 aromatic heterocycles. The Balaban J connectivity index is 1.70. The van der Waals surface area contributed by atoms with Gasteiger partial charge in [-0.1, -0.05) is 24.4 Å². The number of hydrogen-bond donors (Lipinski definition) is 2. The van der Waals surface area contributed by atoms with Gasteiger partial charge in [0.1, 0.15) is 4.99 Å². The Hall–Kier alpha value is -1.46. The molecule has 1 aromatic rings. The molecule has 20 heavy (non-hydrogen) atoms. The van der Waals surface area contributed by atoms with Crippen molar-refractivity contribution < 1.29 is 4.79 Å². The number of fused-ring (bicyclic) bond motifs is 1. The Bertz CT molecular complexity index is 546. The van der Waals surface area contributed by atoms with Crippen LogP contribution in [0.2, 0.25) is 0 Å². The van der Waals surface area contributed by atoms with Crippen LogP contribution in [0.15, 0.2) is 24.3 Å². The molecule has 0 saturated carbocycles. The lowest BCUT2D eigenvalue weighted by molar-refractivity contribution is 0.0929. The van der Waals surface area contributed by atoms with Gasteiger partial charge < -0.3 is 11.1 Å². The van der Waals surface area contributed by atoms with Gasteiger partial charge in [-0.05, 0) is 37.9 Å². The number of amides is 1. The standard InChI is InChI=1S/C15H19N3OS/c16-14(20)10-3-1-4-11(9-10)15(19)17-12-6-8-18-7-2-5-13(12)18/h1,3-4,9,12-13H,2,5-8H2,(H2,16,20)(H,17,19). The van der Waals surface area contributed by atoms with Crippen molar-refractivity contribution in [2.45, 2.75) is 31.3 Å². The van der Waals surface area contributed by atoms with Crippen LogP contribution in [0.3, 0.4) is 0 Å². The number of carbonyl (C=O) groups excluding carboxylic acids is 1. The average Bonchev–Trinajstić information content (AvgIpc) is 3.04. The maximum Gasteiger partial charge on any atom is 0.251 e. The van der Waals surface area contributed by atoms with Gasteiger partial charge in [0.25, 0.3) is 5.91 Å². The third-order valence-electron chi connectivity index (χ3n) is 4.33. The molecule has 2 atom stereocenters. The topological polar surface area (TPSA) is 58.4 Å². The number of nitrogens with two attached hydrogens (primary N) is 1. The van der Waals surface area contributed by atoms with E-state index in [1.54, 1.807) is 12.1 Å². The van der Waals surface area contributed by atoms with E-state index in [1.807, 2.05) is 12.1 Å². The molecular weight excluding hydrogens is 270 g/mol. The number of nitrogens with zero attached hydrogens (tertiary/aromatic N) is 1. The van der Waals surface area contributed by atoms with E-state index in [0.29, 0.717) is 16.6 Å². The minimum absolute atomic E-state index is 0.0261. The van der Waals surface area contributed by atoms with Crippen LogP contribution >= 0.6 is 12.2 Å². The Morgan fingerprint density at radius 3 is 2.90 bits per heavy atom. The second kappa shape index (κ2) is 5.50. The Labute approximate surface area is 124 Å². The highest BCUT2D eigenvalue weighted by molar-refractivity contribution is 7.80. The van der Waals surface area contributed by atoms with Crippen LogP contribution < -0.4 is 11.1 Å². The summed E-state index contributed by atoms with van der Waals surface area (Å²) < 4.78 is 0. The first-order valence-corrected chi connectivity index (χ1v) is 7.51. The van der Waals surface area contributed by atoms with E-state index in [4.69, 9.17) is 18.0 Å². The zero-order chi connectivity index (χ0) is 14.1. The van der Waals surface area contributed by atoms with E-state index < -0.39 is 0 Å². The first-order chi connectivity index (χ1) is 9.65. The van der Waals surface area contributed by atoms with E-state index in [-0.39, 0.29) is 11.9 Å². The van der Waals surface area contributed by atoms with Crippen LogP contribution in [0.25, 0.3) is 0 Å². The molecule has 2 saturated heterocycles. The Kier molecular flexibility index (Phi) is 3.72. The van der Waals surface area contributed by atoms with Gasteiger partial charge >= 0.3 is 0 Å². The van der Waals surface area contributed by atoms with E-state index in [2.05, 4.69) is 10.2 Å². The van der Waals surface area contributed by atoms with Gasteiger partial charge in [0, 0.05) is 29.8 Å². The van der Waals surface area contributed by atoms with Gasteiger partial charge in [-0.25, -0.2) is 0 Å². The molecule has 4 nitrogen and oxygen atoms in total. The third kappa shape index (κ3) is 2.55. The van der Waals surface area contributed by atoms with E-state index in [0.717, 1.165) is 18.5 Å². The summed E-state index contributed by atoms with van der Waals surface area (Å²) in [7, 11) is 0. The number of nitrogens with one attached hydrogen (secondary N) is 1. The SMILES string of the molecule is NC(=S)c1cccc(C(=O)NC2CCN3CCCC23)c1. The second-order valence-corrected chi connectivity index (χ2v) is 6.00. The Morgan fingerprint density at radius 1 is 1.30 bits per heavy atom. The molecule has 0 spiro atoms. The molecule has 106 valence electrons. The van der Waals surface area contributed by atoms with Gasteiger partial charge in [0.05, 0.1) is 0 Å². The van der Waals surface area contributed by atoms with Crippen molar-refractivity contribution in [3.8, 4) is 0 Å². The predicted molar refractivity (Wildman–Crippen MR) is 82.8 cm³/mol. The third-order valence-corrected chi connectivity index (χ3v) is 4.57. The van der Waals surface area contributed by atoms with Gasteiger partial charge in [-0.3, -0.25) is 9.69 Å². The number of rotatable bonds is 3. The maximum atomic E-state index is 12.4. The van der Waals surface area contributed by atoms with E-state index in [1.165, 1.54) is 19.4 Å². The normalized spacial score (nSPS) is 25.4. The largest absolute Gasteiger partial charge is 0.389 e. The molecule has 2 aliphatic heterocycles. The Morgan fingerprint density at radius 2 is 2.10 bits per heavy atom. The second-order valence-electron chi connectivity index (χ2n) is 5.56. The number of hydrogen-bond acceptors (Lipinski definition) is 3. The molecular formula is C15H19N3OS. The minimum atomic E-state index is -0.0261. The highest BCUT2D eigenvalue weighted by atomic mass is 32.1. The fourth-order valence-corrected chi connectivity index (χ4v) is 3.44. The van der Waals surface area contributed by atoms with Crippen molar-refractivity contribution in [3.63, 3.8) is 0 Å².